The zero-order chi connectivity index (χ0) is 8.81. The summed E-state index contributed by atoms with van der Waals surface area (Å²) in [5, 5.41) is 0. The van der Waals surface area contributed by atoms with Crippen molar-refractivity contribution in [2.24, 2.45) is 5.73 Å². The van der Waals surface area contributed by atoms with Crippen molar-refractivity contribution in [3.8, 4) is 0 Å². The molecule has 1 aliphatic rings. The molecule has 2 nitrogen and oxygen atoms in total. The monoisotopic (exact) mass is 242 g/mol. The quantitative estimate of drug-likeness (QED) is 0.821. The van der Waals surface area contributed by atoms with E-state index < -0.39 is 0 Å². The SMILES string of the molecule is CN(CCCN)C1CCCCC1.Cl.Cl. The Balaban J connectivity index is 0. The van der Waals surface area contributed by atoms with Crippen molar-refractivity contribution in [1.29, 1.82) is 0 Å². The van der Waals surface area contributed by atoms with E-state index in [1.807, 2.05) is 0 Å². The van der Waals surface area contributed by atoms with Crippen LogP contribution in [0.1, 0.15) is 38.5 Å². The molecule has 88 valence electrons. The number of halogens is 2. The Morgan fingerprint density at radius 1 is 1.14 bits per heavy atom. The van der Waals surface area contributed by atoms with Crippen LogP contribution in [-0.2, 0) is 0 Å². The molecule has 0 saturated heterocycles. The summed E-state index contributed by atoms with van der Waals surface area (Å²) >= 11 is 0. The maximum Gasteiger partial charge on any atom is 0.00922 e. The van der Waals surface area contributed by atoms with Gasteiger partial charge >= 0.3 is 0 Å². The molecule has 14 heavy (non-hydrogen) atoms. The minimum Gasteiger partial charge on any atom is -0.330 e. The van der Waals surface area contributed by atoms with Crippen molar-refractivity contribution >= 4 is 24.8 Å². The van der Waals surface area contributed by atoms with Gasteiger partial charge in [-0.25, -0.2) is 0 Å². The average Bonchev–Trinajstić information content (AvgIpc) is 2.15. The lowest BCUT2D eigenvalue weighted by Crippen LogP contribution is -2.34. The van der Waals surface area contributed by atoms with Crippen LogP contribution in [0.15, 0.2) is 0 Å². The fourth-order valence-electron chi connectivity index (χ4n) is 2.05. The van der Waals surface area contributed by atoms with Crippen LogP contribution in [0.5, 0.6) is 0 Å². The Morgan fingerprint density at radius 2 is 1.71 bits per heavy atom. The number of nitrogens with zero attached hydrogens (tertiary/aromatic N) is 1. The Morgan fingerprint density at radius 3 is 2.21 bits per heavy atom. The van der Waals surface area contributed by atoms with E-state index >= 15 is 0 Å². The molecule has 0 amide bonds. The summed E-state index contributed by atoms with van der Waals surface area (Å²) in [6.45, 7) is 2.01. The zero-order valence-electron chi connectivity index (χ0n) is 9.08. The molecule has 0 bridgehead atoms. The lowest BCUT2D eigenvalue weighted by Gasteiger charge is -2.30. The smallest absolute Gasteiger partial charge is 0.00922 e. The molecule has 0 aromatic heterocycles. The largest absolute Gasteiger partial charge is 0.330 e. The first kappa shape index (κ1) is 16.9. The van der Waals surface area contributed by atoms with Crippen LogP contribution in [0.3, 0.4) is 0 Å². The highest BCUT2D eigenvalue weighted by Crippen LogP contribution is 2.21. The molecule has 0 aromatic rings. The van der Waals surface area contributed by atoms with Gasteiger partial charge < -0.3 is 10.6 Å². The predicted molar refractivity (Wildman–Crippen MR) is 67.7 cm³/mol. The highest BCUT2D eigenvalue weighted by atomic mass is 35.5. The van der Waals surface area contributed by atoms with Crippen LogP contribution in [0.25, 0.3) is 0 Å². The van der Waals surface area contributed by atoms with Crippen molar-refractivity contribution < 1.29 is 0 Å². The molecule has 0 heterocycles. The second kappa shape index (κ2) is 10.0. The fraction of sp³-hybridized carbons (Fsp3) is 1.00. The number of hydrogen-bond acceptors (Lipinski definition) is 2. The van der Waals surface area contributed by atoms with Gasteiger partial charge in [0.1, 0.15) is 0 Å². The van der Waals surface area contributed by atoms with E-state index in [-0.39, 0.29) is 24.8 Å². The van der Waals surface area contributed by atoms with Gasteiger partial charge in [-0.3, -0.25) is 0 Å². The van der Waals surface area contributed by atoms with Gasteiger partial charge in [-0.1, -0.05) is 19.3 Å². The molecule has 0 atom stereocenters. The van der Waals surface area contributed by atoms with Crippen LogP contribution >= 0.6 is 24.8 Å². The highest BCUT2D eigenvalue weighted by molar-refractivity contribution is 5.85. The van der Waals surface area contributed by atoms with E-state index in [2.05, 4.69) is 11.9 Å². The minimum atomic E-state index is 0. The van der Waals surface area contributed by atoms with E-state index in [9.17, 15) is 0 Å². The molecule has 1 rings (SSSR count). The third-order valence-corrected chi connectivity index (χ3v) is 2.91. The molecule has 2 N–H and O–H groups in total. The summed E-state index contributed by atoms with van der Waals surface area (Å²) < 4.78 is 0. The Kier molecular flexibility index (Phi) is 12.1. The van der Waals surface area contributed by atoms with Crippen LogP contribution in [0.2, 0.25) is 0 Å². The fourth-order valence-corrected chi connectivity index (χ4v) is 2.05. The molecule has 0 spiro atoms. The van der Waals surface area contributed by atoms with Crippen molar-refractivity contribution in [2.45, 2.75) is 44.6 Å². The van der Waals surface area contributed by atoms with Crippen LogP contribution in [0.4, 0.5) is 0 Å². The summed E-state index contributed by atoms with van der Waals surface area (Å²) in [7, 11) is 2.24. The Hall–Kier alpha value is 0.500. The second-order valence-corrected chi connectivity index (χ2v) is 3.91. The summed E-state index contributed by atoms with van der Waals surface area (Å²) in [6, 6.07) is 0.852. The van der Waals surface area contributed by atoms with Crippen molar-refractivity contribution in [1.82, 2.24) is 4.90 Å². The van der Waals surface area contributed by atoms with Gasteiger partial charge in [-0.15, -0.1) is 24.8 Å². The normalized spacial score (nSPS) is 17.4. The second-order valence-electron chi connectivity index (χ2n) is 3.91. The summed E-state index contributed by atoms with van der Waals surface area (Å²) in [4.78, 5) is 2.49. The topological polar surface area (TPSA) is 29.3 Å². The first-order valence-corrected chi connectivity index (χ1v) is 5.25. The van der Waals surface area contributed by atoms with Crippen molar-refractivity contribution in [3.63, 3.8) is 0 Å². The maximum absolute atomic E-state index is 5.48. The van der Waals surface area contributed by atoms with Gasteiger partial charge in [0, 0.05) is 6.04 Å². The molecule has 1 fully saturated rings. The van der Waals surface area contributed by atoms with E-state index in [1.54, 1.807) is 0 Å². The summed E-state index contributed by atoms with van der Waals surface area (Å²) in [5.74, 6) is 0. The van der Waals surface area contributed by atoms with E-state index in [0.717, 1.165) is 19.0 Å². The molecule has 0 unspecified atom stereocenters. The van der Waals surface area contributed by atoms with Crippen LogP contribution < -0.4 is 5.73 Å². The molecule has 1 saturated carbocycles. The number of rotatable bonds is 4. The van der Waals surface area contributed by atoms with Crippen molar-refractivity contribution in [3.05, 3.63) is 0 Å². The maximum atomic E-state index is 5.48. The highest BCUT2D eigenvalue weighted by Gasteiger charge is 2.16. The minimum absolute atomic E-state index is 0. The molecular formula is C10H24Cl2N2. The van der Waals surface area contributed by atoms with Gasteiger partial charge in [0.2, 0.25) is 0 Å². The third-order valence-electron chi connectivity index (χ3n) is 2.91. The van der Waals surface area contributed by atoms with Crippen LogP contribution in [-0.4, -0.2) is 31.1 Å². The predicted octanol–water partition coefficient (Wildman–Crippen LogP) is 2.44. The van der Waals surface area contributed by atoms with Gasteiger partial charge in [-0.2, -0.15) is 0 Å². The van der Waals surface area contributed by atoms with Gasteiger partial charge in [0.05, 0.1) is 0 Å². The van der Waals surface area contributed by atoms with E-state index in [0.29, 0.717) is 0 Å². The van der Waals surface area contributed by atoms with E-state index in [1.165, 1.54) is 38.6 Å². The van der Waals surface area contributed by atoms with Gasteiger partial charge in [0.15, 0.2) is 0 Å². The molecule has 0 aromatic carbocycles. The van der Waals surface area contributed by atoms with Crippen molar-refractivity contribution in [2.75, 3.05) is 20.1 Å². The summed E-state index contributed by atoms with van der Waals surface area (Å²) in [6.07, 6.45) is 8.26. The standard InChI is InChI=1S/C10H22N2.2ClH/c1-12(9-5-8-11)10-6-3-2-4-7-10;;/h10H,2-9,11H2,1H3;2*1H. The zero-order valence-corrected chi connectivity index (χ0v) is 10.7. The Bertz CT molecular complexity index is 117. The third kappa shape index (κ3) is 6.07. The number of hydrogen-bond donors (Lipinski definition) is 1. The average molecular weight is 243 g/mol. The Labute approximate surface area is 100 Å². The summed E-state index contributed by atoms with van der Waals surface area (Å²) in [5.41, 5.74) is 5.48. The molecule has 1 aliphatic carbocycles. The first-order valence-electron chi connectivity index (χ1n) is 5.25. The van der Waals surface area contributed by atoms with Gasteiger partial charge in [0.25, 0.3) is 0 Å². The number of nitrogens with two attached hydrogens (primary N) is 1. The molecular weight excluding hydrogens is 219 g/mol. The lowest BCUT2D eigenvalue weighted by atomic mass is 9.94. The molecule has 0 radical (unpaired) electrons. The molecule has 0 aliphatic heterocycles. The van der Waals surface area contributed by atoms with Gasteiger partial charge in [-0.05, 0) is 39.4 Å². The van der Waals surface area contributed by atoms with E-state index in [4.69, 9.17) is 5.73 Å². The molecule has 4 heteroatoms. The van der Waals surface area contributed by atoms with Crippen LogP contribution in [0, 0.1) is 0 Å². The lowest BCUT2D eigenvalue weighted by molar-refractivity contribution is 0.191. The first-order chi connectivity index (χ1) is 5.84.